The number of quaternary nitrogens is 1. The highest BCUT2D eigenvalue weighted by atomic mass is 31.2. The number of ether oxygens (including phenoxy) is 2. The summed E-state index contributed by atoms with van der Waals surface area (Å²) in [6.07, 6.45) is 51.5. The SMILES string of the molecule is CCCCCCCC/C=C/CCCCCCCCCCCC(=O)O[C@H](CO/C=C/CCCCCCCCCCCCCCCCCC)COP(=O)([O-])OCC[N+](C)(C)C. The predicted molar refractivity (Wildman–Crippen MR) is 249 cm³/mol. The number of carbonyl (C=O) groups is 1. The molecule has 2 atom stereocenters. The number of hydrogen-bond donors (Lipinski definition) is 0. The number of phosphoric ester groups is 1. The minimum Gasteiger partial charge on any atom is -0.756 e. The van der Waals surface area contributed by atoms with Crippen LogP contribution in [0.15, 0.2) is 24.5 Å². The van der Waals surface area contributed by atoms with Crippen LogP contribution >= 0.6 is 7.82 Å². The fourth-order valence-electron chi connectivity index (χ4n) is 7.16. The lowest BCUT2D eigenvalue weighted by Crippen LogP contribution is -2.37. The van der Waals surface area contributed by atoms with Crippen LogP contribution in [0.1, 0.15) is 239 Å². The smallest absolute Gasteiger partial charge is 0.306 e. The van der Waals surface area contributed by atoms with Gasteiger partial charge in [0.15, 0.2) is 6.10 Å². The molecular formula is C50H98NO7P. The van der Waals surface area contributed by atoms with Gasteiger partial charge in [-0.2, -0.15) is 0 Å². The van der Waals surface area contributed by atoms with Crippen LogP contribution in [0.5, 0.6) is 0 Å². The molecule has 0 radical (unpaired) electrons. The van der Waals surface area contributed by atoms with Gasteiger partial charge in [-0.05, 0) is 51.0 Å². The Balaban J connectivity index is 4.18. The summed E-state index contributed by atoms with van der Waals surface area (Å²) in [7, 11) is 1.33. The van der Waals surface area contributed by atoms with Crippen molar-refractivity contribution in [2.75, 3.05) is 47.5 Å². The lowest BCUT2D eigenvalue weighted by Gasteiger charge is -2.28. The molecule has 0 spiro atoms. The van der Waals surface area contributed by atoms with Crippen molar-refractivity contribution >= 4 is 13.8 Å². The van der Waals surface area contributed by atoms with Gasteiger partial charge in [-0.15, -0.1) is 0 Å². The first-order chi connectivity index (χ1) is 28.6. The van der Waals surface area contributed by atoms with Gasteiger partial charge < -0.3 is 27.9 Å². The van der Waals surface area contributed by atoms with Crippen molar-refractivity contribution in [2.45, 2.75) is 245 Å². The van der Waals surface area contributed by atoms with E-state index in [0.29, 0.717) is 17.4 Å². The van der Waals surface area contributed by atoms with Gasteiger partial charge in [0.1, 0.15) is 19.8 Å². The molecule has 59 heavy (non-hydrogen) atoms. The average Bonchev–Trinajstić information content (AvgIpc) is 3.19. The Hall–Kier alpha value is -1.18. The molecule has 0 aliphatic rings. The van der Waals surface area contributed by atoms with E-state index in [1.54, 1.807) is 6.26 Å². The van der Waals surface area contributed by atoms with Crippen molar-refractivity contribution in [3.63, 3.8) is 0 Å². The molecule has 0 aromatic heterocycles. The molecule has 0 aliphatic heterocycles. The zero-order valence-corrected chi connectivity index (χ0v) is 40.6. The van der Waals surface area contributed by atoms with Crippen molar-refractivity contribution in [2.24, 2.45) is 0 Å². The molecular weight excluding hydrogens is 758 g/mol. The van der Waals surface area contributed by atoms with Crippen molar-refractivity contribution in [3.05, 3.63) is 24.5 Å². The molecule has 0 aromatic rings. The van der Waals surface area contributed by atoms with E-state index in [9.17, 15) is 14.3 Å². The second-order valence-electron chi connectivity index (χ2n) is 18.2. The van der Waals surface area contributed by atoms with Gasteiger partial charge >= 0.3 is 5.97 Å². The molecule has 0 aromatic carbocycles. The molecule has 0 rings (SSSR count). The van der Waals surface area contributed by atoms with Crippen LogP contribution in [-0.4, -0.2) is 64.1 Å². The summed E-state index contributed by atoms with van der Waals surface area (Å²) in [4.78, 5) is 25.1. The normalized spacial score (nSPS) is 13.7. The van der Waals surface area contributed by atoms with Gasteiger partial charge in [0.05, 0.1) is 34.0 Å². The fraction of sp³-hybridized carbons (Fsp3) is 0.900. The number of hydrogen-bond acceptors (Lipinski definition) is 7. The Morgan fingerprint density at radius 1 is 0.525 bits per heavy atom. The number of unbranched alkanes of at least 4 members (excludes halogenated alkanes) is 31. The van der Waals surface area contributed by atoms with Crippen molar-refractivity contribution < 1.29 is 37.3 Å². The van der Waals surface area contributed by atoms with Gasteiger partial charge in [0.2, 0.25) is 0 Å². The summed E-state index contributed by atoms with van der Waals surface area (Å²) in [5.41, 5.74) is 0. The van der Waals surface area contributed by atoms with Crippen LogP contribution in [-0.2, 0) is 27.9 Å². The van der Waals surface area contributed by atoms with E-state index in [-0.39, 0.29) is 25.8 Å². The summed E-state index contributed by atoms with van der Waals surface area (Å²) in [6.45, 7) is 4.77. The van der Waals surface area contributed by atoms with Crippen LogP contribution in [0.4, 0.5) is 0 Å². The number of allylic oxidation sites excluding steroid dienone is 3. The molecule has 0 heterocycles. The quantitative estimate of drug-likeness (QED) is 0.0150. The highest BCUT2D eigenvalue weighted by molar-refractivity contribution is 7.45. The summed E-state index contributed by atoms with van der Waals surface area (Å²) in [5.74, 6) is -0.355. The van der Waals surface area contributed by atoms with Gasteiger partial charge in [-0.25, -0.2) is 0 Å². The monoisotopic (exact) mass is 856 g/mol. The molecule has 0 amide bonds. The van der Waals surface area contributed by atoms with Gasteiger partial charge in [-0.1, -0.05) is 199 Å². The fourth-order valence-corrected chi connectivity index (χ4v) is 7.88. The molecule has 1 unspecified atom stereocenters. The zero-order chi connectivity index (χ0) is 43.4. The van der Waals surface area contributed by atoms with E-state index in [4.69, 9.17) is 18.5 Å². The topological polar surface area (TPSA) is 94.1 Å². The molecule has 0 fully saturated rings. The highest BCUT2D eigenvalue weighted by Gasteiger charge is 2.20. The lowest BCUT2D eigenvalue weighted by atomic mass is 10.0. The Bertz CT molecular complexity index is 998. The predicted octanol–water partition coefficient (Wildman–Crippen LogP) is 14.9. The number of rotatable bonds is 47. The van der Waals surface area contributed by atoms with Crippen molar-refractivity contribution in [3.8, 4) is 0 Å². The van der Waals surface area contributed by atoms with Crippen LogP contribution in [0, 0.1) is 0 Å². The molecule has 8 nitrogen and oxygen atoms in total. The van der Waals surface area contributed by atoms with E-state index in [2.05, 4.69) is 26.0 Å². The Kier molecular flexibility index (Phi) is 42.6. The maximum atomic E-state index is 12.7. The minimum absolute atomic E-state index is 0.0182. The largest absolute Gasteiger partial charge is 0.756 e. The van der Waals surface area contributed by atoms with Crippen LogP contribution in [0.2, 0.25) is 0 Å². The first-order valence-corrected chi connectivity index (χ1v) is 26.6. The van der Waals surface area contributed by atoms with Gasteiger partial charge in [0.25, 0.3) is 7.82 Å². The lowest BCUT2D eigenvalue weighted by molar-refractivity contribution is -0.870. The first kappa shape index (κ1) is 57.8. The van der Waals surface area contributed by atoms with Gasteiger partial charge in [-0.3, -0.25) is 9.36 Å². The molecule has 0 N–H and O–H groups in total. The van der Waals surface area contributed by atoms with E-state index in [0.717, 1.165) is 32.1 Å². The molecule has 9 heteroatoms. The van der Waals surface area contributed by atoms with Crippen molar-refractivity contribution in [1.29, 1.82) is 0 Å². The Morgan fingerprint density at radius 2 is 0.898 bits per heavy atom. The zero-order valence-electron chi connectivity index (χ0n) is 39.7. The van der Waals surface area contributed by atoms with Gasteiger partial charge in [0, 0.05) is 6.42 Å². The second kappa shape index (κ2) is 43.5. The Labute approximate surface area is 366 Å². The maximum absolute atomic E-state index is 12.7. The van der Waals surface area contributed by atoms with Crippen LogP contribution < -0.4 is 4.89 Å². The number of likely N-dealkylation sites (N-methyl/N-ethyl adjacent to an activating group) is 1. The number of nitrogens with zero attached hydrogens (tertiary/aromatic N) is 1. The maximum Gasteiger partial charge on any atom is 0.306 e. The summed E-state index contributed by atoms with van der Waals surface area (Å²) < 4.78 is 34.5. The summed E-state index contributed by atoms with van der Waals surface area (Å²) in [5, 5.41) is 0. The number of esters is 1. The first-order valence-electron chi connectivity index (χ1n) is 25.1. The molecule has 350 valence electrons. The van der Waals surface area contributed by atoms with Crippen LogP contribution in [0.3, 0.4) is 0 Å². The van der Waals surface area contributed by atoms with E-state index < -0.39 is 13.9 Å². The van der Waals surface area contributed by atoms with Crippen LogP contribution in [0.25, 0.3) is 0 Å². The molecule has 0 bridgehead atoms. The third kappa shape index (κ3) is 47.7. The molecule has 0 aliphatic carbocycles. The van der Waals surface area contributed by atoms with E-state index in [1.165, 1.54) is 186 Å². The second-order valence-corrected chi connectivity index (χ2v) is 19.7. The van der Waals surface area contributed by atoms with E-state index >= 15 is 0 Å². The van der Waals surface area contributed by atoms with E-state index in [1.807, 2.05) is 27.2 Å². The minimum atomic E-state index is -4.54. The van der Waals surface area contributed by atoms with Crippen molar-refractivity contribution in [1.82, 2.24) is 0 Å². The average molecular weight is 856 g/mol. The standard InChI is InChI=1S/C50H98NO7P/c1-6-8-10-12-14-16-18-20-22-24-26-27-29-31-33-35-37-39-41-43-50(52)58-49(48-57-59(53,54)56-46-44-51(3,4)5)47-55-45-42-40-38-36-34-32-30-28-25-23-21-19-17-15-13-11-9-7-2/h20,22,42,45,49H,6-19,21,23-41,43-44,46-48H2,1-5H3/b22-20+,45-42+/t49-/m1/s1. The number of carbonyl (C=O) groups excluding carboxylic acids is 1. The Morgan fingerprint density at radius 3 is 1.31 bits per heavy atom. The highest BCUT2D eigenvalue weighted by Crippen LogP contribution is 2.38. The molecule has 0 saturated heterocycles. The molecule has 0 saturated carbocycles. The summed E-state index contributed by atoms with van der Waals surface area (Å²) in [6, 6.07) is 0. The third-order valence-corrected chi connectivity index (χ3v) is 12.0. The third-order valence-electron chi connectivity index (χ3n) is 11.1. The summed E-state index contributed by atoms with van der Waals surface area (Å²) >= 11 is 0. The number of phosphoric acid groups is 1.